The third-order valence-corrected chi connectivity index (χ3v) is 3.85. The van der Waals surface area contributed by atoms with E-state index in [1.54, 1.807) is 0 Å². The summed E-state index contributed by atoms with van der Waals surface area (Å²) in [4.78, 5) is 14.1. The molecular weight excluding hydrogens is 249 g/mol. The SMILES string of the molecule is CC(CS(=O)(=O)Cc1cncc(F)c1)C(=O)O. The highest BCUT2D eigenvalue weighted by molar-refractivity contribution is 7.90. The molecule has 0 saturated carbocycles. The Kier molecular flexibility index (Phi) is 4.17. The molecule has 1 aromatic rings. The average molecular weight is 261 g/mol. The van der Waals surface area contributed by atoms with Crippen LogP contribution in [0.25, 0.3) is 0 Å². The molecule has 1 atom stereocenters. The summed E-state index contributed by atoms with van der Waals surface area (Å²) in [6.45, 7) is 1.31. The van der Waals surface area contributed by atoms with Gasteiger partial charge in [-0.2, -0.15) is 0 Å². The van der Waals surface area contributed by atoms with Crippen LogP contribution in [0.5, 0.6) is 0 Å². The summed E-state index contributed by atoms with van der Waals surface area (Å²) in [5, 5.41) is 8.62. The Morgan fingerprint density at radius 3 is 2.71 bits per heavy atom. The van der Waals surface area contributed by atoms with Gasteiger partial charge in [0.1, 0.15) is 5.82 Å². The minimum atomic E-state index is -3.58. The number of hydrogen-bond donors (Lipinski definition) is 1. The van der Waals surface area contributed by atoms with E-state index in [4.69, 9.17) is 5.11 Å². The fourth-order valence-corrected chi connectivity index (χ4v) is 2.99. The third-order valence-electron chi connectivity index (χ3n) is 2.07. The highest BCUT2D eigenvalue weighted by Crippen LogP contribution is 2.10. The van der Waals surface area contributed by atoms with Crippen LogP contribution < -0.4 is 0 Å². The number of pyridine rings is 1. The maximum Gasteiger partial charge on any atom is 0.307 e. The van der Waals surface area contributed by atoms with Crippen molar-refractivity contribution < 1.29 is 22.7 Å². The highest BCUT2D eigenvalue weighted by atomic mass is 32.2. The van der Waals surface area contributed by atoms with Gasteiger partial charge in [-0.15, -0.1) is 0 Å². The van der Waals surface area contributed by atoms with E-state index in [-0.39, 0.29) is 5.56 Å². The number of carbonyl (C=O) groups is 1. The number of sulfone groups is 1. The molecule has 0 aliphatic rings. The lowest BCUT2D eigenvalue weighted by atomic mass is 10.2. The lowest BCUT2D eigenvalue weighted by Crippen LogP contribution is -2.22. The molecule has 0 amide bonds. The molecule has 0 bridgehead atoms. The molecule has 0 fully saturated rings. The Hall–Kier alpha value is -1.50. The van der Waals surface area contributed by atoms with Crippen molar-refractivity contribution in [3.05, 3.63) is 29.8 Å². The number of halogens is 1. The standard InChI is InChI=1S/C10H12FNO4S/c1-7(10(13)14)5-17(15,16)6-8-2-9(11)4-12-3-8/h2-4,7H,5-6H2,1H3,(H,13,14). The van der Waals surface area contributed by atoms with Crippen LogP contribution in [0.2, 0.25) is 0 Å². The zero-order valence-corrected chi connectivity index (χ0v) is 9.95. The first-order chi connectivity index (χ1) is 7.80. The van der Waals surface area contributed by atoms with E-state index in [1.807, 2.05) is 0 Å². The summed E-state index contributed by atoms with van der Waals surface area (Å²) in [6, 6.07) is 1.07. The number of hydrogen-bond acceptors (Lipinski definition) is 4. The van der Waals surface area contributed by atoms with Crippen LogP contribution in [-0.2, 0) is 20.4 Å². The molecule has 0 aliphatic carbocycles. The molecule has 1 N–H and O–H groups in total. The minimum Gasteiger partial charge on any atom is -0.481 e. The van der Waals surface area contributed by atoms with Gasteiger partial charge in [-0.3, -0.25) is 9.78 Å². The quantitative estimate of drug-likeness (QED) is 0.849. The second kappa shape index (κ2) is 5.22. The molecule has 1 rings (SSSR count). The molecule has 1 heterocycles. The molecule has 94 valence electrons. The molecule has 0 aromatic carbocycles. The van der Waals surface area contributed by atoms with Gasteiger partial charge < -0.3 is 5.11 Å². The van der Waals surface area contributed by atoms with Crippen LogP contribution in [0.4, 0.5) is 4.39 Å². The van der Waals surface area contributed by atoms with E-state index in [0.717, 1.165) is 12.3 Å². The smallest absolute Gasteiger partial charge is 0.307 e. The second-order valence-corrected chi connectivity index (χ2v) is 5.91. The van der Waals surface area contributed by atoms with E-state index < -0.39 is 39.0 Å². The summed E-state index contributed by atoms with van der Waals surface area (Å²) >= 11 is 0. The molecule has 0 saturated heterocycles. The second-order valence-electron chi connectivity index (χ2n) is 3.81. The zero-order valence-electron chi connectivity index (χ0n) is 9.13. The van der Waals surface area contributed by atoms with Gasteiger partial charge in [-0.1, -0.05) is 6.92 Å². The molecule has 1 unspecified atom stereocenters. The van der Waals surface area contributed by atoms with Gasteiger partial charge >= 0.3 is 5.97 Å². The largest absolute Gasteiger partial charge is 0.481 e. The van der Waals surface area contributed by atoms with Crippen molar-refractivity contribution in [1.29, 1.82) is 0 Å². The van der Waals surface area contributed by atoms with Crippen LogP contribution >= 0.6 is 0 Å². The predicted octanol–water partition coefficient (Wildman–Crippen LogP) is 0.856. The Balaban J connectivity index is 2.77. The van der Waals surface area contributed by atoms with Gasteiger partial charge in [0.25, 0.3) is 0 Å². The van der Waals surface area contributed by atoms with E-state index >= 15 is 0 Å². The summed E-state index contributed by atoms with van der Waals surface area (Å²) in [6.07, 6.45) is 2.21. The molecule has 5 nitrogen and oxygen atoms in total. The third kappa shape index (κ3) is 4.48. The fraction of sp³-hybridized carbons (Fsp3) is 0.400. The molecule has 17 heavy (non-hydrogen) atoms. The molecule has 0 aliphatic heterocycles. The number of carboxylic acids is 1. The van der Waals surface area contributed by atoms with Gasteiger partial charge in [-0.25, -0.2) is 12.8 Å². The first-order valence-electron chi connectivity index (χ1n) is 4.83. The summed E-state index contributed by atoms with van der Waals surface area (Å²) in [5.74, 6) is -3.66. The maximum atomic E-state index is 12.8. The Bertz CT molecular complexity index is 515. The number of rotatable bonds is 5. The Morgan fingerprint density at radius 1 is 1.53 bits per heavy atom. The number of carboxylic acid groups (broad SMARTS) is 1. The van der Waals surface area contributed by atoms with Crippen LogP contribution in [0.1, 0.15) is 12.5 Å². The Morgan fingerprint density at radius 2 is 2.18 bits per heavy atom. The molecule has 7 heteroatoms. The fourth-order valence-electron chi connectivity index (χ4n) is 1.30. The molecule has 0 spiro atoms. The lowest BCUT2D eigenvalue weighted by molar-refractivity contribution is -0.140. The highest BCUT2D eigenvalue weighted by Gasteiger charge is 2.21. The van der Waals surface area contributed by atoms with Crippen molar-refractivity contribution in [1.82, 2.24) is 4.98 Å². The van der Waals surface area contributed by atoms with Crippen molar-refractivity contribution >= 4 is 15.8 Å². The van der Waals surface area contributed by atoms with Gasteiger partial charge in [-0.05, 0) is 11.6 Å². The molecular formula is C10H12FNO4S. The first-order valence-corrected chi connectivity index (χ1v) is 6.65. The summed E-state index contributed by atoms with van der Waals surface area (Å²) in [7, 11) is -3.58. The Labute approximate surface area is 98.2 Å². The van der Waals surface area contributed by atoms with Gasteiger partial charge in [0.05, 0.1) is 23.6 Å². The lowest BCUT2D eigenvalue weighted by Gasteiger charge is -2.07. The van der Waals surface area contributed by atoms with E-state index in [0.29, 0.717) is 0 Å². The van der Waals surface area contributed by atoms with E-state index in [9.17, 15) is 17.6 Å². The number of nitrogens with zero attached hydrogens (tertiary/aromatic N) is 1. The number of aromatic nitrogens is 1. The predicted molar refractivity (Wildman–Crippen MR) is 58.5 cm³/mol. The van der Waals surface area contributed by atoms with Gasteiger partial charge in [0.2, 0.25) is 0 Å². The van der Waals surface area contributed by atoms with Crippen LogP contribution in [0, 0.1) is 11.7 Å². The van der Waals surface area contributed by atoms with E-state index in [1.165, 1.54) is 13.1 Å². The van der Waals surface area contributed by atoms with Gasteiger partial charge in [0, 0.05) is 6.20 Å². The first kappa shape index (κ1) is 13.6. The summed E-state index contributed by atoms with van der Waals surface area (Å²) in [5.41, 5.74) is 0.211. The van der Waals surface area contributed by atoms with Crippen LogP contribution in [0.15, 0.2) is 18.5 Å². The van der Waals surface area contributed by atoms with Crippen molar-refractivity contribution in [2.45, 2.75) is 12.7 Å². The normalized spacial score (nSPS) is 13.3. The van der Waals surface area contributed by atoms with Crippen molar-refractivity contribution in [2.24, 2.45) is 5.92 Å². The zero-order chi connectivity index (χ0) is 13.1. The van der Waals surface area contributed by atoms with Crippen molar-refractivity contribution in [2.75, 3.05) is 5.75 Å². The topological polar surface area (TPSA) is 84.3 Å². The van der Waals surface area contributed by atoms with Crippen LogP contribution in [-0.4, -0.2) is 30.2 Å². The van der Waals surface area contributed by atoms with Crippen LogP contribution in [0.3, 0.4) is 0 Å². The minimum absolute atomic E-state index is 0.211. The summed E-state index contributed by atoms with van der Waals surface area (Å²) < 4.78 is 36.0. The van der Waals surface area contributed by atoms with Crippen molar-refractivity contribution in [3.8, 4) is 0 Å². The van der Waals surface area contributed by atoms with Gasteiger partial charge in [0.15, 0.2) is 9.84 Å². The average Bonchev–Trinajstić information content (AvgIpc) is 2.15. The molecule has 1 aromatic heterocycles. The maximum absolute atomic E-state index is 12.8. The number of aliphatic carboxylic acids is 1. The molecule has 0 radical (unpaired) electrons. The monoisotopic (exact) mass is 261 g/mol. The van der Waals surface area contributed by atoms with E-state index in [2.05, 4.69) is 4.98 Å². The van der Waals surface area contributed by atoms with Crippen molar-refractivity contribution in [3.63, 3.8) is 0 Å².